The first-order valence-corrected chi connectivity index (χ1v) is 9.70. The van der Waals surface area contributed by atoms with Crippen LogP contribution in [0.4, 0.5) is 10.5 Å². The number of likely N-dealkylation sites (N-methyl/N-ethyl adjacent to an activating group) is 1. The van der Waals surface area contributed by atoms with Gasteiger partial charge in [0.05, 0.1) is 0 Å². The molecule has 5 nitrogen and oxygen atoms in total. The molecule has 27 heavy (non-hydrogen) atoms. The number of carbonyl (C=O) groups is 1. The molecule has 0 aromatic heterocycles. The third-order valence-electron chi connectivity index (χ3n) is 4.58. The number of nitrogens with zero attached hydrogens (tertiary/aromatic N) is 2. The molecule has 0 bridgehead atoms. The van der Waals surface area contributed by atoms with Crippen LogP contribution in [0.3, 0.4) is 0 Å². The average Bonchev–Trinajstić information content (AvgIpc) is 2.70. The molecule has 146 valence electrons. The van der Waals surface area contributed by atoms with Gasteiger partial charge >= 0.3 is 6.03 Å². The van der Waals surface area contributed by atoms with Gasteiger partial charge in [-0.3, -0.25) is 4.90 Å². The Bertz CT molecular complexity index is 674. The van der Waals surface area contributed by atoms with Crippen molar-refractivity contribution in [1.29, 1.82) is 0 Å². The first-order valence-electron chi connectivity index (χ1n) is 9.70. The smallest absolute Gasteiger partial charge is 0.319 e. The van der Waals surface area contributed by atoms with Crippen molar-refractivity contribution in [2.45, 2.75) is 33.3 Å². The summed E-state index contributed by atoms with van der Waals surface area (Å²) in [6.45, 7) is 8.25. The zero-order valence-corrected chi connectivity index (χ0v) is 16.4. The van der Waals surface area contributed by atoms with Gasteiger partial charge in [0.15, 0.2) is 0 Å². The summed E-state index contributed by atoms with van der Waals surface area (Å²) in [5, 5.41) is 0. The second-order valence-electron chi connectivity index (χ2n) is 6.55. The Labute approximate surface area is 162 Å². The Kier molecular flexibility index (Phi) is 8.65. The average molecular weight is 370 g/mol. The highest BCUT2D eigenvalue weighted by Gasteiger charge is 2.14. The van der Waals surface area contributed by atoms with Crippen LogP contribution in [0.15, 0.2) is 54.6 Å². The van der Waals surface area contributed by atoms with Crippen LogP contribution < -0.4 is 15.4 Å². The number of amides is 2. The molecule has 0 aliphatic heterocycles. The minimum Gasteiger partial charge on any atom is -0.489 e. The molecule has 0 fully saturated rings. The Morgan fingerprint density at radius 1 is 0.963 bits per heavy atom. The first kappa shape index (κ1) is 20.8. The highest BCUT2D eigenvalue weighted by atomic mass is 16.5. The first-order chi connectivity index (χ1) is 13.1. The molecule has 0 heterocycles. The van der Waals surface area contributed by atoms with E-state index in [0.29, 0.717) is 13.2 Å². The quantitative estimate of drug-likeness (QED) is 0.643. The third-order valence-corrected chi connectivity index (χ3v) is 4.58. The van der Waals surface area contributed by atoms with Crippen molar-refractivity contribution in [3.05, 3.63) is 60.2 Å². The van der Waals surface area contributed by atoms with E-state index in [4.69, 9.17) is 10.5 Å². The number of hydrogen-bond donors (Lipinski definition) is 1. The number of ether oxygens (including phenoxy) is 1. The molecule has 0 saturated carbocycles. The molecule has 2 aromatic rings. The van der Waals surface area contributed by atoms with Crippen molar-refractivity contribution in [3.63, 3.8) is 0 Å². The number of benzene rings is 2. The van der Waals surface area contributed by atoms with Gasteiger partial charge in [-0.25, -0.2) is 4.79 Å². The molecular weight excluding hydrogens is 338 g/mol. The number of anilines is 1. The standard InChI is InChI=1S/C22H31N3O2/c1-3-5-15-24(4-2)16-17-25(22(23)26)20-11-13-21(14-12-20)27-18-19-9-7-6-8-10-19/h6-14H,3-5,15-18H2,1-2H3,(H2,23,26). The van der Waals surface area contributed by atoms with Gasteiger partial charge in [-0.1, -0.05) is 50.6 Å². The zero-order chi connectivity index (χ0) is 19.5. The number of hydrogen-bond acceptors (Lipinski definition) is 3. The van der Waals surface area contributed by atoms with Crippen LogP contribution in [0.25, 0.3) is 0 Å². The van der Waals surface area contributed by atoms with Crippen LogP contribution in [0.5, 0.6) is 5.75 Å². The molecule has 0 spiro atoms. The highest BCUT2D eigenvalue weighted by Crippen LogP contribution is 2.20. The Morgan fingerprint density at radius 2 is 1.67 bits per heavy atom. The fourth-order valence-corrected chi connectivity index (χ4v) is 2.88. The van der Waals surface area contributed by atoms with E-state index in [1.807, 2.05) is 54.6 Å². The van der Waals surface area contributed by atoms with Crippen LogP contribution in [0.2, 0.25) is 0 Å². The topological polar surface area (TPSA) is 58.8 Å². The normalized spacial score (nSPS) is 10.8. The molecule has 0 aliphatic carbocycles. The van der Waals surface area contributed by atoms with Crippen molar-refractivity contribution >= 4 is 11.7 Å². The second kappa shape index (κ2) is 11.2. The van der Waals surface area contributed by atoms with Gasteiger partial charge in [-0.15, -0.1) is 0 Å². The minimum absolute atomic E-state index is 0.431. The summed E-state index contributed by atoms with van der Waals surface area (Å²) in [7, 11) is 0. The van der Waals surface area contributed by atoms with Crippen molar-refractivity contribution in [1.82, 2.24) is 4.90 Å². The number of nitrogens with two attached hydrogens (primary N) is 1. The lowest BCUT2D eigenvalue weighted by Crippen LogP contribution is -2.41. The number of urea groups is 1. The van der Waals surface area contributed by atoms with E-state index in [9.17, 15) is 4.79 Å². The summed E-state index contributed by atoms with van der Waals surface area (Å²) in [4.78, 5) is 15.9. The largest absolute Gasteiger partial charge is 0.489 e. The lowest BCUT2D eigenvalue weighted by atomic mass is 10.2. The SMILES string of the molecule is CCCCN(CC)CCN(C(N)=O)c1ccc(OCc2ccccc2)cc1. The molecule has 5 heteroatoms. The predicted octanol–water partition coefficient (Wildman–Crippen LogP) is 4.27. The van der Waals surface area contributed by atoms with Gasteiger partial charge in [0.1, 0.15) is 12.4 Å². The van der Waals surface area contributed by atoms with Crippen molar-refractivity contribution in [2.75, 3.05) is 31.1 Å². The number of unbranched alkanes of at least 4 members (excludes halogenated alkanes) is 1. The fourth-order valence-electron chi connectivity index (χ4n) is 2.88. The van der Waals surface area contributed by atoms with Crippen molar-refractivity contribution in [2.24, 2.45) is 5.73 Å². The van der Waals surface area contributed by atoms with Gasteiger partial charge in [0.25, 0.3) is 0 Å². The summed E-state index contributed by atoms with van der Waals surface area (Å²) in [6, 6.07) is 17.1. The van der Waals surface area contributed by atoms with Crippen LogP contribution in [0.1, 0.15) is 32.3 Å². The van der Waals surface area contributed by atoms with Gasteiger partial charge in [0.2, 0.25) is 0 Å². The lowest BCUT2D eigenvalue weighted by Gasteiger charge is -2.26. The molecule has 0 saturated heterocycles. The van der Waals surface area contributed by atoms with Crippen molar-refractivity contribution in [3.8, 4) is 5.75 Å². The summed E-state index contributed by atoms with van der Waals surface area (Å²) < 4.78 is 5.80. The molecule has 0 aliphatic rings. The summed E-state index contributed by atoms with van der Waals surface area (Å²) in [5.41, 5.74) is 7.52. The molecule has 0 atom stereocenters. The van der Waals surface area contributed by atoms with Crippen LogP contribution in [-0.4, -0.2) is 37.1 Å². The second-order valence-corrected chi connectivity index (χ2v) is 6.55. The molecule has 2 rings (SSSR count). The zero-order valence-electron chi connectivity index (χ0n) is 16.4. The van der Waals surface area contributed by atoms with Gasteiger partial charge in [-0.05, 0) is 49.3 Å². The maximum Gasteiger partial charge on any atom is 0.319 e. The van der Waals surface area contributed by atoms with E-state index in [0.717, 1.165) is 43.1 Å². The molecule has 0 unspecified atom stereocenters. The van der Waals surface area contributed by atoms with Gasteiger partial charge < -0.3 is 15.4 Å². The van der Waals surface area contributed by atoms with E-state index < -0.39 is 6.03 Å². The Balaban J connectivity index is 1.93. The summed E-state index contributed by atoms with van der Waals surface area (Å²) in [6.07, 6.45) is 2.33. The number of rotatable bonds is 11. The minimum atomic E-state index is -0.431. The number of primary amides is 1. The van der Waals surface area contributed by atoms with Crippen LogP contribution in [-0.2, 0) is 6.61 Å². The summed E-state index contributed by atoms with van der Waals surface area (Å²) in [5.74, 6) is 0.769. The van der Waals surface area contributed by atoms with Crippen LogP contribution >= 0.6 is 0 Å². The van der Waals surface area contributed by atoms with E-state index in [1.54, 1.807) is 4.90 Å². The van der Waals surface area contributed by atoms with E-state index in [-0.39, 0.29) is 0 Å². The highest BCUT2D eigenvalue weighted by molar-refractivity contribution is 5.90. The fraction of sp³-hybridized carbons (Fsp3) is 0.409. The maximum absolute atomic E-state index is 11.9. The monoisotopic (exact) mass is 369 g/mol. The van der Waals surface area contributed by atoms with Gasteiger partial charge in [-0.2, -0.15) is 0 Å². The summed E-state index contributed by atoms with van der Waals surface area (Å²) >= 11 is 0. The molecule has 2 aromatic carbocycles. The van der Waals surface area contributed by atoms with E-state index in [1.165, 1.54) is 6.42 Å². The van der Waals surface area contributed by atoms with Gasteiger partial charge in [0, 0.05) is 18.8 Å². The molecule has 2 N–H and O–H groups in total. The predicted molar refractivity (Wildman–Crippen MR) is 111 cm³/mol. The van der Waals surface area contributed by atoms with Crippen molar-refractivity contribution < 1.29 is 9.53 Å². The third kappa shape index (κ3) is 6.94. The van der Waals surface area contributed by atoms with E-state index >= 15 is 0 Å². The molecular formula is C22H31N3O2. The maximum atomic E-state index is 11.9. The van der Waals surface area contributed by atoms with E-state index in [2.05, 4.69) is 18.7 Å². The lowest BCUT2D eigenvalue weighted by molar-refractivity contribution is 0.250. The molecule has 2 amide bonds. The number of carbonyl (C=O) groups excluding carboxylic acids is 1. The molecule has 0 radical (unpaired) electrons. The van der Waals surface area contributed by atoms with Crippen LogP contribution in [0, 0.1) is 0 Å². The Hall–Kier alpha value is -2.53. The Morgan fingerprint density at radius 3 is 2.26 bits per heavy atom.